The Morgan fingerprint density at radius 1 is 0.406 bits per heavy atom. The molecule has 0 aliphatic rings. The molecule has 3 N–H and O–H groups in total. The molecule has 0 radical (unpaired) electrons. The van der Waals surface area contributed by atoms with Gasteiger partial charge in [0, 0.05) is 12.8 Å². The van der Waals surface area contributed by atoms with E-state index in [1.165, 1.54) is 212 Å². The van der Waals surface area contributed by atoms with Gasteiger partial charge in [0.2, 0.25) is 5.91 Å². The molecule has 2 unspecified atom stereocenters. The highest BCUT2D eigenvalue weighted by Gasteiger charge is 2.20. The topological polar surface area (TPSA) is 95.9 Å². The number of carbonyl (C=O) groups is 2. The highest BCUT2D eigenvalue weighted by Crippen LogP contribution is 2.17. The highest BCUT2D eigenvalue weighted by molar-refractivity contribution is 5.76. The fourth-order valence-corrected chi connectivity index (χ4v) is 9.43. The van der Waals surface area contributed by atoms with Crippen molar-refractivity contribution in [2.75, 3.05) is 13.2 Å². The van der Waals surface area contributed by atoms with Crippen LogP contribution in [0.15, 0.2) is 36.5 Å². The minimum atomic E-state index is -0.677. The molecule has 0 bridgehead atoms. The largest absolute Gasteiger partial charge is 0.466 e. The van der Waals surface area contributed by atoms with E-state index in [0.717, 1.165) is 83.5 Å². The summed E-state index contributed by atoms with van der Waals surface area (Å²) in [6.45, 7) is 4.90. The third-order valence-electron chi connectivity index (χ3n) is 14.2. The quantitative estimate of drug-likeness (QED) is 0.0321. The molecular weight excluding hydrogens is 851 g/mol. The number of carbonyl (C=O) groups excluding carboxylic acids is 2. The van der Waals surface area contributed by atoms with Gasteiger partial charge in [-0.25, -0.2) is 0 Å². The van der Waals surface area contributed by atoms with E-state index in [1.807, 2.05) is 0 Å². The maximum Gasteiger partial charge on any atom is 0.305 e. The molecule has 406 valence electrons. The fraction of sp³-hybridized carbons (Fsp3) is 0.873. The molecular formula is C63H119NO5. The Morgan fingerprint density at radius 2 is 0.725 bits per heavy atom. The number of aliphatic hydroxyl groups is 2. The molecule has 0 aliphatic heterocycles. The average molecular weight is 971 g/mol. The summed E-state index contributed by atoms with van der Waals surface area (Å²) in [6, 6.07) is -0.555. The number of allylic oxidation sites excluding steroid dienone is 6. The Labute approximate surface area is 430 Å². The van der Waals surface area contributed by atoms with Crippen molar-refractivity contribution in [2.45, 2.75) is 341 Å². The molecule has 0 spiro atoms. The van der Waals surface area contributed by atoms with Crippen LogP contribution in [0.2, 0.25) is 0 Å². The maximum atomic E-state index is 12.5. The number of aliphatic hydroxyl groups excluding tert-OH is 2. The SMILES string of the molecule is CCCCC/C=C\CCCCCCCC(=O)OCCCCC/C=C\C/C=C\CCCCCCCCCC(=O)NC(CO)C(O)CCCCCCCCCCCCCCCCCCCCCCCCC. The van der Waals surface area contributed by atoms with Crippen molar-refractivity contribution in [1.82, 2.24) is 5.32 Å². The van der Waals surface area contributed by atoms with Gasteiger partial charge in [-0.15, -0.1) is 0 Å². The summed E-state index contributed by atoms with van der Waals surface area (Å²) >= 11 is 0. The van der Waals surface area contributed by atoms with Crippen molar-refractivity contribution in [3.05, 3.63) is 36.5 Å². The second kappa shape index (κ2) is 58.6. The summed E-state index contributed by atoms with van der Waals surface area (Å²) in [5, 5.41) is 23.4. The zero-order chi connectivity index (χ0) is 50.0. The highest BCUT2D eigenvalue weighted by atomic mass is 16.5. The lowest BCUT2D eigenvalue weighted by Crippen LogP contribution is -2.45. The first kappa shape index (κ1) is 67.1. The minimum absolute atomic E-state index is 0.0252. The summed E-state index contributed by atoms with van der Waals surface area (Å²) in [5.41, 5.74) is 0. The monoisotopic (exact) mass is 970 g/mol. The van der Waals surface area contributed by atoms with Crippen molar-refractivity contribution in [2.24, 2.45) is 0 Å². The van der Waals surface area contributed by atoms with Crippen LogP contribution >= 0.6 is 0 Å². The smallest absolute Gasteiger partial charge is 0.305 e. The van der Waals surface area contributed by atoms with Gasteiger partial charge >= 0.3 is 5.97 Å². The summed E-state index contributed by atoms with van der Waals surface area (Å²) in [6.07, 6.45) is 72.9. The number of amides is 1. The van der Waals surface area contributed by atoms with Gasteiger partial charge in [0.25, 0.3) is 0 Å². The van der Waals surface area contributed by atoms with Crippen LogP contribution in [0.4, 0.5) is 0 Å². The lowest BCUT2D eigenvalue weighted by molar-refractivity contribution is -0.143. The third-order valence-corrected chi connectivity index (χ3v) is 14.2. The molecule has 0 heterocycles. The molecule has 0 saturated heterocycles. The molecule has 69 heavy (non-hydrogen) atoms. The van der Waals surface area contributed by atoms with Crippen LogP contribution in [-0.2, 0) is 14.3 Å². The zero-order valence-electron chi connectivity index (χ0n) is 46.3. The van der Waals surface area contributed by atoms with Crippen LogP contribution in [-0.4, -0.2) is 47.4 Å². The predicted molar refractivity (Wildman–Crippen MR) is 301 cm³/mol. The van der Waals surface area contributed by atoms with Crippen molar-refractivity contribution >= 4 is 11.9 Å². The van der Waals surface area contributed by atoms with Crippen LogP contribution in [0.1, 0.15) is 328 Å². The number of hydrogen-bond donors (Lipinski definition) is 3. The molecule has 1 amide bonds. The normalized spacial score (nSPS) is 12.8. The number of hydrogen-bond acceptors (Lipinski definition) is 5. The standard InChI is InChI=1S/C63H119NO5/c1-3-5-7-9-11-13-15-17-18-19-20-21-22-23-24-26-29-32-35-39-43-47-51-55-61(66)60(59-65)64-62(67)56-52-48-44-40-36-33-30-27-25-28-31-34-38-42-46-50-54-58-69-63(68)57-53-49-45-41-37-16-14-12-10-8-6-4-2/h12,14,25,28,34,38,60-61,65-66H,3-11,13,15-24,26-27,29-33,35-37,39-59H2,1-2H3,(H,64,67)/b14-12-,28-25-,38-34-. The van der Waals surface area contributed by atoms with Gasteiger partial charge in [-0.3, -0.25) is 9.59 Å². The number of unbranched alkanes of at least 4 members (excludes halogenated alkanes) is 40. The van der Waals surface area contributed by atoms with Gasteiger partial charge in [0.1, 0.15) is 0 Å². The van der Waals surface area contributed by atoms with Crippen LogP contribution in [0.5, 0.6) is 0 Å². The summed E-state index contributed by atoms with van der Waals surface area (Å²) < 4.78 is 5.44. The lowest BCUT2D eigenvalue weighted by Gasteiger charge is -2.22. The van der Waals surface area contributed by atoms with E-state index in [1.54, 1.807) is 0 Å². The number of nitrogens with one attached hydrogen (secondary N) is 1. The molecule has 6 heteroatoms. The molecule has 0 rings (SSSR count). The maximum absolute atomic E-state index is 12.5. The van der Waals surface area contributed by atoms with Gasteiger partial charge < -0.3 is 20.3 Å². The average Bonchev–Trinajstić information content (AvgIpc) is 3.35. The molecule has 0 fully saturated rings. The van der Waals surface area contributed by atoms with Gasteiger partial charge in [-0.1, -0.05) is 262 Å². The number of ether oxygens (including phenoxy) is 1. The fourth-order valence-electron chi connectivity index (χ4n) is 9.43. The molecule has 0 aromatic heterocycles. The Hall–Kier alpha value is -1.92. The van der Waals surface area contributed by atoms with Gasteiger partial charge in [0.15, 0.2) is 0 Å². The first-order valence-corrected chi connectivity index (χ1v) is 30.7. The Balaban J connectivity index is 3.49. The van der Waals surface area contributed by atoms with Crippen LogP contribution in [0.3, 0.4) is 0 Å². The number of rotatable bonds is 57. The van der Waals surface area contributed by atoms with Crippen molar-refractivity contribution in [3.8, 4) is 0 Å². The van der Waals surface area contributed by atoms with E-state index in [2.05, 4.69) is 55.6 Å². The molecule has 2 atom stereocenters. The van der Waals surface area contributed by atoms with Crippen LogP contribution in [0.25, 0.3) is 0 Å². The van der Waals surface area contributed by atoms with E-state index in [-0.39, 0.29) is 18.5 Å². The minimum Gasteiger partial charge on any atom is -0.466 e. The van der Waals surface area contributed by atoms with E-state index < -0.39 is 12.1 Å². The third kappa shape index (κ3) is 55.2. The summed E-state index contributed by atoms with van der Waals surface area (Å²) in [5.74, 6) is -0.0739. The van der Waals surface area contributed by atoms with E-state index >= 15 is 0 Å². The first-order chi connectivity index (χ1) is 34.0. The summed E-state index contributed by atoms with van der Waals surface area (Å²) in [7, 11) is 0. The molecule has 0 aliphatic carbocycles. The zero-order valence-corrected chi connectivity index (χ0v) is 46.3. The van der Waals surface area contributed by atoms with E-state index in [4.69, 9.17) is 4.74 Å². The molecule has 6 nitrogen and oxygen atoms in total. The molecule has 0 aromatic rings. The molecule has 0 aromatic carbocycles. The first-order valence-electron chi connectivity index (χ1n) is 30.7. The number of esters is 1. The van der Waals surface area contributed by atoms with Gasteiger partial charge in [0.05, 0.1) is 25.4 Å². The molecule has 0 saturated carbocycles. The Bertz CT molecular complexity index is 1120. The van der Waals surface area contributed by atoms with Crippen LogP contribution in [0, 0.1) is 0 Å². The Morgan fingerprint density at radius 3 is 1.14 bits per heavy atom. The predicted octanol–water partition coefficient (Wildman–Crippen LogP) is 19.2. The van der Waals surface area contributed by atoms with Crippen molar-refractivity contribution in [3.63, 3.8) is 0 Å². The van der Waals surface area contributed by atoms with E-state index in [9.17, 15) is 19.8 Å². The second-order valence-corrected chi connectivity index (χ2v) is 21.0. The Kier molecular flexibility index (Phi) is 57.0. The van der Waals surface area contributed by atoms with Crippen LogP contribution < -0.4 is 5.32 Å². The van der Waals surface area contributed by atoms with Gasteiger partial charge in [-0.2, -0.15) is 0 Å². The lowest BCUT2D eigenvalue weighted by atomic mass is 10.0. The van der Waals surface area contributed by atoms with Crippen molar-refractivity contribution < 1.29 is 24.5 Å². The van der Waals surface area contributed by atoms with Gasteiger partial charge in [-0.05, 0) is 89.9 Å². The van der Waals surface area contributed by atoms with Crippen molar-refractivity contribution in [1.29, 1.82) is 0 Å². The summed E-state index contributed by atoms with van der Waals surface area (Å²) in [4.78, 5) is 24.5. The van der Waals surface area contributed by atoms with E-state index in [0.29, 0.717) is 25.9 Å². The second-order valence-electron chi connectivity index (χ2n) is 21.0.